The maximum Gasteiger partial charge on any atom is 0.269 e. The van der Waals surface area contributed by atoms with Crippen LogP contribution in [0.4, 0.5) is 0 Å². The van der Waals surface area contributed by atoms with Crippen molar-refractivity contribution < 1.29 is 4.42 Å². The molecule has 5 rings (SSSR count). The molecule has 0 aliphatic carbocycles. The van der Waals surface area contributed by atoms with Crippen LogP contribution in [0.3, 0.4) is 0 Å². The van der Waals surface area contributed by atoms with E-state index in [2.05, 4.69) is 18.9 Å². The third-order valence-electron chi connectivity index (χ3n) is 5.23. The lowest BCUT2D eigenvalue weighted by Crippen LogP contribution is -2.22. The second-order valence-electron chi connectivity index (χ2n) is 7.57. The number of hydrogen-bond donors (Lipinski definition) is 0. The summed E-state index contributed by atoms with van der Waals surface area (Å²) in [6.45, 7) is 4.27. The third-order valence-corrected chi connectivity index (χ3v) is 5.48. The van der Waals surface area contributed by atoms with Gasteiger partial charge in [-0.2, -0.15) is 5.10 Å². The van der Waals surface area contributed by atoms with Crippen LogP contribution in [0.15, 0.2) is 82.3 Å². The molecule has 0 atom stereocenters. The van der Waals surface area contributed by atoms with Gasteiger partial charge in [-0.25, -0.2) is 9.67 Å². The summed E-state index contributed by atoms with van der Waals surface area (Å²) >= 11 is 6.02. The molecule has 0 amide bonds. The lowest BCUT2D eigenvalue weighted by molar-refractivity contribution is 0.574. The molecule has 3 aromatic heterocycles. The molecule has 0 saturated carbocycles. The topological polar surface area (TPSA) is 65.8 Å². The molecular formula is C24H19ClN4O2. The first-order valence-corrected chi connectivity index (χ1v) is 10.3. The number of furan rings is 1. The minimum Gasteiger partial charge on any atom is -0.461 e. The van der Waals surface area contributed by atoms with E-state index in [-0.39, 0.29) is 5.56 Å². The Morgan fingerprint density at radius 2 is 1.68 bits per heavy atom. The SMILES string of the molecule is CC(C)c1ccc(-n2c(-c3ccco3)nc3c(cnn3-c3ccc(Cl)cc3)c2=O)cc1. The van der Waals surface area contributed by atoms with Gasteiger partial charge >= 0.3 is 0 Å². The Morgan fingerprint density at radius 1 is 0.968 bits per heavy atom. The fraction of sp³-hybridized carbons (Fsp3) is 0.125. The van der Waals surface area contributed by atoms with E-state index in [1.807, 2.05) is 36.4 Å². The summed E-state index contributed by atoms with van der Waals surface area (Å²) < 4.78 is 8.82. The van der Waals surface area contributed by atoms with Gasteiger partial charge in [0.2, 0.25) is 0 Å². The van der Waals surface area contributed by atoms with Crippen molar-refractivity contribution in [2.45, 2.75) is 19.8 Å². The Kier molecular flexibility index (Phi) is 4.71. The number of rotatable bonds is 4. The number of benzene rings is 2. The van der Waals surface area contributed by atoms with Crippen molar-refractivity contribution in [2.75, 3.05) is 0 Å². The molecule has 154 valence electrons. The first-order valence-electron chi connectivity index (χ1n) is 9.94. The molecule has 0 aliphatic heterocycles. The van der Waals surface area contributed by atoms with Crippen LogP contribution in [0, 0.1) is 0 Å². The lowest BCUT2D eigenvalue weighted by Gasteiger charge is -2.13. The van der Waals surface area contributed by atoms with Gasteiger partial charge in [0.05, 0.1) is 23.8 Å². The molecule has 0 radical (unpaired) electrons. The van der Waals surface area contributed by atoms with Crippen LogP contribution < -0.4 is 5.56 Å². The average molecular weight is 431 g/mol. The quantitative estimate of drug-likeness (QED) is 0.371. The third kappa shape index (κ3) is 3.35. The molecule has 5 aromatic rings. The second-order valence-corrected chi connectivity index (χ2v) is 8.01. The summed E-state index contributed by atoms with van der Waals surface area (Å²) in [6, 6.07) is 18.7. The van der Waals surface area contributed by atoms with Crippen molar-refractivity contribution in [3.63, 3.8) is 0 Å². The molecule has 0 fully saturated rings. The maximum absolute atomic E-state index is 13.6. The first-order chi connectivity index (χ1) is 15.0. The largest absolute Gasteiger partial charge is 0.461 e. The van der Waals surface area contributed by atoms with Crippen molar-refractivity contribution in [1.82, 2.24) is 19.3 Å². The number of halogens is 1. The van der Waals surface area contributed by atoms with E-state index in [0.717, 1.165) is 11.4 Å². The van der Waals surface area contributed by atoms with E-state index in [4.69, 9.17) is 21.0 Å². The Morgan fingerprint density at radius 3 is 2.32 bits per heavy atom. The normalized spacial score (nSPS) is 11.5. The Hall–Kier alpha value is -3.64. The van der Waals surface area contributed by atoms with Gasteiger partial charge < -0.3 is 4.42 Å². The predicted octanol–water partition coefficient (Wildman–Crippen LogP) is 5.61. The van der Waals surface area contributed by atoms with E-state index < -0.39 is 0 Å². The van der Waals surface area contributed by atoms with Gasteiger partial charge in [-0.1, -0.05) is 37.6 Å². The summed E-state index contributed by atoms with van der Waals surface area (Å²) in [6.07, 6.45) is 3.11. The molecule has 0 bridgehead atoms. The van der Waals surface area contributed by atoms with Crippen LogP contribution in [0.25, 0.3) is 34.0 Å². The fourth-order valence-electron chi connectivity index (χ4n) is 3.56. The van der Waals surface area contributed by atoms with Gasteiger partial charge in [-0.3, -0.25) is 9.36 Å². The van der Waals surface area contributed by atoms with E-state index in [1.165, 1.54) is 5.56 Å². The minimum absolute atomic E-state index is 0.214. The van der Waals surface area contributed by atoms with E-state index in [0.29, 0.717) is 33.6 Å². The smallest absolute Gasteiger partial charge is 0.269 e. The van der Waals surface area contributed by atoms with Crippen molar-refractivity contribution in [3.8, 4) is 23.0 Å². The second kappa shape index (κ2) is 7.56. The highest BCUT2D eigenvalue weighted by Crippen LogP contribution is 2.25. The molecule has 0 N–H and O–H groups in total. The van der Waals surface area contributed by atoms with E-state index in [9.17, 15) is 4.79 Å². The summed E-state index contributed by atoms with van der Waals surface area (Å²) in [4.78, 5) is 18.4. The average Bonchev–Trinajstić information content (AvgIpc) is 3.45. The molecule has 0 spiro atoms. The van der Waals surface area contributed by atoms with Crippen molar-refractivity contribution in [1.29, 1.82) is 0 Å². The molecule has 0 aliphatic rings. The van der Waals surface area contributed by atoms with Crippen LogP contribution in [-0.2, 0) is 0 Å². The Bertz CT molecular complexity index is 1410. The fourth-order valence-corrected chi connectivity index (χ4v) is 3.68. The van der Waals surface area contributed by atoms with Gasteiger partial charge in [0.15, 0.2) is 17.2 Å². The van der Waals surface area contributed by atoms with Gasteiger partial charge in [-0.05, 0) is 60.0 Å². The highest BCUT2D eigenvalue weighted by atomic mass is 35.5. The standard InChI is InChI=1S/C24H19ClN4O2/c1-15(2)16-5-9-18(10-6-16)28-23(21-4-3-13-31-21)27-22-20(24(28)30)14-26-29(22)19-11-7-17(25)8-12-19/h3-15H,1-2H3. The molecule has 7 heteroatoms. The summed E-state index contributed by atoms with van der Waals surface area (Å²) in [5, 5.41) is 5.45. The zero-order valence-corrected chi connectivity index (χ0v) is 17.7. The predicted molar refractivity (Wildman–Crippen MR) is 121 cm³/mol. The number of hydrogen-bond acceptors (Lipinski definition) is 4. The van der Waals surface area contributed by atoms with Crippen LogP contribution in [0.5, 0.6) is 0 Å². The molecule has 0 saturated heterocycles. The molecule has 6 nitrogen and oxygen atoms in total. The van der Waals surface area contributed by atoms with Gasteiger partial charge in [0.1, 0.15) is 5.39 Å². The van der Waals surface area contributed by atoms with E-state index in [1.54, 1.807) is 46.0 Å². The highest BCUT2D eigenvalue weighted by Gasteiger charge is 2.20. The van der Waals surface area contributed by atoms with Gasteiger partial charge in [0, 0.05) is 5.02 Å². The zero-order chi connectivity index (χ0) is 21.5. The summed E-state index contributed by atoms with van der Waals surface area (Å²) in [5.41, 5.74) is 2.91. The number of nitrogens with zero attached hydrogens (tertiary/aromatic N) is 4. The Balaban J connectivity index is 1.78. The van der Waals surface area contributed by atoms with Gasteiger partial charge in [-0.15, -0.1) is 0 Å². The highest BCUT2D eigenvalue weighted by molar-refractivity contribution is 6.30. The maximum atomic E-state index is 13.6. The zero-order valence-electron chi connectivity index (χ0n) is 17.0. The first kappa shape index (κ1) is 19.3. The molecule has 2 aromatic carbocycles. The molecule has 31 heavy (non-hydrogen) atoms. The number of aromatic nitrogens is 4. The van der Waals surface area contributed by atoms with Crippen molar-refractivity contribution >= 4 is 22.6 Å². The van der Waals surface area contributed by atoms with Gasteiger partial charge in [0.25, 0.3) is 5.56 Å². The Labute approximate surface area is 183 Å². The summed E-state index contributed by atoms with van der Waals surface area (Å²) in [7, 11) is 0. The van der Waals surface area contributed by atoms with Crippen LogP contribution in [0.1, 0.15) is 25.3 Å². The minimum atomic E-state index is -0.214. The molecule has 0 unspecified atom stereocenters. The lowest BCUT2D eigenvalue weighted by atomic mass is 10.0. The van der Waals surface area contributed by atoms with Crippen LogP contribution in [-0.4, -0.2) is 19.3 Å². The molecule has 3 heterocycles. The van der Waals surface area contributed by atoms with E-state index >= 15 is 0 Å². The molecular weight excluding hydrogens is 412 g/mol. The monoisotopic (exact) mass is 430 g/mol. The van der Waals surface area contributed by atoms with Crippen LogP contribution >= 0.6 is 11.6 Å². The number of fused-ring (bicyclic) bond motifs is 1. The van der Waals surface area contributed by atoms with Crippen molar-refractivity contribution in [2.24, 2.45) is 0 Å². The van der Waals surface area contributed by atoms with Crippen molar-refractivity contribution in [3.05, 3.63) is 94.1 Å². The van der Waals surface area contributed by atoms with Crippen LogP contribution in [0.2, 0.25) is 5.02 Å². The summed E-state index contributed by atoms with van der Waals surface area (Å²) in [5.74, 6) is 1.31.